The lowest BCUT2D eigenvalue weighted by Gasteiger charge is -2.12. The van der Waals surface area contributed by atoms with Crippen LogP contribution in [0.3, 0.4) is 0 Å². The van der Waals surface area contributed by atoms with Gasteiger partial charge in [0.15, 0.2) is 9.84 Å². The summed E-state index contributed by atoms with van der Waals surface area (Å²) in [6.45, 7) is -0.319. The first kappa shape index (κ1) is 17.5. The number of amides is 3. The molecule has 0 aromatic heterocycles. The normalized spacial score (nSPS) is 19.1. The SMILES string of the molecule is O=C(CNC(=O)N[C@@H]1CCS(=O)(=O)C1)Nc1ccc(F)c(Cl)c1. The van der Waals surface area contributed by atoms with Gasteiger partial charge in [0.2, 0.25) is 5.91 Å². The minimum atomic E-state index is -3.09. The molecule has 0 radical (unpaired) electrons. The predicted octanol–water partition coefficient (Wildman–Crippen LogP) is 0.904. The molecule has 7 nitrogen and oxygen atoms in total. The Balaban J connectivity index is 1.75. The van der Waals surface area contributed by atoms with Crippen molar-refractivity contribution in [2.45, 2.75) is 12.5 Å². The fourth-order valence-electron chi connectivity index (χ4n) is 2.08. The van der Waals surface area contributed by atoms with Gasteiger partial charge in [0.1, 0.15) is 5.82 Å². The molecule has 23 heavy (non-hydrogen) atoms. The van der Waals surface area contributed by atoms with Crippen LogP contribution in [-0.2, 0) is 14.6 Å². The summed E-state index contributed by atoms with van der Waals surface area (Å²) >= 11 is 5.59. The van der Waals surface area contributed by atoms with E-state index in [9.17, 15) is 22.4 Å². The second-order valence-corrected chi connectivity index (χ2v) is 7.74. The van der Waals surface area contributed by atoms with Gasteiger partial charge in [-0.15, -0.1) is 0 Å². The minimum absolute atomic E-state index is 0.0454. The number of carbonyl (C=O) groups excluding carboxylic acids is 2. The molecule has 1 aliphatic heterocycles. The van der Waals surface area contributed by atoms with Gasteiger partial charge in [-0.05, 0) is 24.6 Å². The monoisotopic (exact) mass is 363 g/mol. The van der Waals surface area contributed by atoms with Gasteiger partial charge in [0, 0.05) is 11.7 Å². The molecule has 1 atom stereocenters. The van der Waals surface area contributed by atoms with E-state index in [0.29, 0.717) is 12.1 Å². The molecule has 1 fully saturated rings. The average molecular weight is 364 g/mol. The molecule has 0 bridgehead atoms. The van der Waals surface area contributed by atoms with Crippen LogP contribution < -0.4 is 16.0 Å². The Morgan fingerprint density at radius 1 is 1.35 bits per heavy atom. The first-order valence-electron chi connectivity index (χ1n) is 6.75. The van der Waals surface area contributed by atoms with Crippen LogP contribution in [0.5, 0.6) is 0 Å². The van der Waals surface area contributed by atoms with E-state index in [1.807, 2.05) is 0 Å². The van der Waals surface area contributed by atoms with Crippen molar-refractivity contribution >= 4 is 39.1 Å². The molecule has 1 aromatic rings. The molecule has 126 valence electrons. The smallest absolute Gasteiger partial charge is 0.315 e. The molecule has 2 rings (SSSR count). The number of urea groups is 1. The predicted molar refractivity (Wildman–Crippen MR) is 83.6 cm³/mol. The van der Waals surface area contributed by atoms with Crippen LogP contribution in [-0.4, -0.2) is 44.4 Å². The van der Waals surface area contributed by atoms with Crippen LogP contribution in [0.1, 0.15) is 6.42 Å². The van der Waals surface area contributed by atoms with Crippen LogP contribution in [0.15, 0.2) is 18.2 Å². The topological polar surface area (TPSA) is 104 Å². The van der Waals surface area contributed by atoms with E-state index in [-0.39, 0.29) is 23.1 Å². The summed E-state index contributed by atoms with van der Waals surface area (Å²) in [5, 5.41) is 7.12. The van der Waals surface area contributed by atoms with Gasteiger partial charge in [0.25, 0.3) is 0 Å². The number of sulfone groups is 1. The number of hydrogen-bond donors (Lipinski definition) is 3. The second-order valence-electron chi connectivity index (χ2n) is 5.10. The standard InChI is InChI=1S/C13H15ClFN3O4S/c14-10-5-8(1-2-11(10)15)17-12(19)6-16-13(20)18-9-3-4-23(21,22)7-9/h1-2,5,9H,3-4,6-7H2,(H,17,19)(H2,16,18,20)/t9-/m1/s1. The van der Waals surface area contributed by atoms with E-state index in [0.717, 1.165) is 6.07 Å². The third-order valence-electron chi connectivity index (χ3n) is 3.18. The zero-order valence-electron chi connectivity index (χ0n) is 11.9. The average Bonchev–Trinajstić information content (AvgIpc) is 2.80. The summed E-state index contributed by atoms with van der Waals surface area (Å²) in [6.07, 6.45) is 0.357. The van der Waals surface area contributed by atoms with Crippen molar-refractivity contribution < 1.29 is 22.4 Å². The first-order chi connectivity index (χ1) is 10.7. The fourth-order valence-corrected chi connectivity index (χ4v) is 3.94. The van der Waals surface area contributed by atoms with E-state index >= 15 is 0 Å². The molecule has 0 spiro atoms. The first-order valence-corrected chi connectivity index (χ1v) is 8.95. The van der Waals surface area contributed by atoms with Crippen molar-refractivity contribution in [1.82, 2.24) is 10.6 Å². The summed E-state index contributed by atoms with van der Waals surface area (Å²) in [6, 6.07) is 2.62. The molecule has 3 N–H and O–H groups in total. The summed E-state index contributed by atoms with van der Waals surface area (Å²) in [7, 11) is -3.09. The summed E-state index contributed by atoms with van der Waals surface area (Å²) < 4.78 is 35.5. The number of halogens is 2. The molecule has 1 heterocycles. The van der Waals surface area contributed by atoms with Crippen molar-refractivity contribution in [2.24, 2.45) is 0 Å². The van der Waals surface area contributed by atoms with E-state index in [2.05, 4.69) is 16.0 Å². The third-order valence-corrected chi connectivity index (χ3v) is 5.24. The minimum Gasteiger partial charge on any atom is -0.334 e. The molecule has 0 aliphatic carbocycles. The largest absolute Gasteiger partial charge is 0.334 e. The van der Waals surface area contributed by atoms with Crippen molar-refractivity contribution in [3.8, 4) is 0 Å². The Morgan fingerprint density at radius 3 is 2.70 bits per heavy atom. The van der Waals surface area contributed by atoms with Gasteiger partial charge in [-0.2, -0.15) is 0 Å². The number of carbonyl (C=O) groups is 2. The highest BCUT2D eigenvalue weighted by molar-refractivity contribution is 7.91. The zero-order chi connectivity index (χ0) is 17.0. The summed E-state index contributed by atoms with van der Waals surface area (Å²) in [5.41, 5.74) is 0.297. The number of hydrogen-bond acceptors (Lipinski definition) is 4. The van der Waals surface area contributed by atoms with Crippen LogP contribution in [0.2, 0.25) is 5.02 Å². The summed E-state index contributed by atoms with van der Waals surface area (Å²) in [4.78, 5) is 23.3. The van der Waals surface area contributed by atoms with E-state index in [1.54, 1.807) is 0 Å². The van der Waals surface area contributed by atoms with Crippen molar-refractivity contribution in [3.05, 3.63) is 29.0 Å². The van der Waals surface area contributed by atoms with Crippen molar-refractivity contribution in [1.29, 1.82) is 0 Å². The number of nitrogens with one attached hydrogen (secondary N) is 3. The maximum absolute atomic E-state index is 13.0. The Hall–Kier alpha value is -1.87. The van der Waals surface area contributed by atoms with Gasteiger partial charge in [-0.25, -0.2) is 17.6 Å². The number of anilines is 1. The lowest BCUT2D eigenvalue weighted by molar-refractivity contribution is -0.115. The van der Waals surface area contributed by atoms with E-state index < -0.39 is 33.6 Å². The van der Waals surface area contributed by atoms with Gasteiger partial charge in [-0.3, -0.25) is 4.79 Å². The van der Waals surface area contributed by atoms with E-state index in [1.165, 1.54) is 12.1 Å². The molecule has 0 saturated carbocycles. The van der Waals surface area contributed by atoms with Gasteiger partial charge < -0.3 is 16.0 Å². The highest BCUT2D eigenvalue weighted by Crippen LogP contribution is 2.19. The maximum Gasteiger partial charge on any atom is 0.315 e. The summed E-state index contributed by atoms with van der Waals surface area (Å²) in [5.74, 6) is -1.18. The van der Waals surface area contributed by atoms with Crippen LogP contribution in [0.25, 0.3) is 0 Å². The molecule has 1 saturated heterocycles. The van der Waals surface area contributed by atoms with Gasteiger partial charge in [0.05, 0.1) is 23.1 Å². The molecule has 1 aliphatic rings. The van der Waals surface area contributed by atoms with Crippen LogP contribution in [0, 0.1) is 5.82 Å². The van der Waals surface area contributed by atoms with Gasteiger partial charge >= 0.3 is 6.03 Å². The van der Waals surface area contributed by atoms with Crippen molar-refractivity contribution in [2.75, 3.05) is 23.4 Å². The van der Waals surface area contributed by atoms with Gasteiger partial charge in [-0.1, -0.05) is 11.6 Å². The number of rotatable bonds is 4. The Kier molecular flexibility index (Phi) is 5.42. The lowest BCUT2D eigenvalue weighted by Crippen LogP contribution is -2.45. The zero-order valence-corrected chi connectivity index (χ0v) is 13.5. The van der Waals surface area contributed by atoms with Crippen molar-refractivity contribution in [3.63, 3.8) is 0 Å². The molecule has 3 amide bonds. The quantitative estimate of drug-likeness (QED) is 0.739. The fraction of sp³-hybridized carbons (Fsp3) is 0.385. The number of benzene rings is 1. The Morgan fingerprint density at radius 2 is 2.09 bits per heavy atom. The second kappa shape index (κ2) is 7.14. The maximum atomic E-state index is 13.0. The molecule has 10 heteroatoms. The molecule has 1 aromatic carbocycles. The third kappa shape index (κ3) is 5.36. The van der Waals surface area contributed by atoms with Crippen LogP contribution >= 0.6 is 11.6 Å². The molecular formula is C13H15ClFN3O4S. The lowest BCUT2D eigenvalue weighted by atomic mass is 10.3. The molecule has 0 unspecified atom stereocenters. The van der Waals surface area contributed by atoms with E-state index in [4.69, 9.17) is 11.6 Å². The Labute approximate surface area is 137 Å². The van der Waals surface area contributed by atoms with Crippen LogP contribution in [0.4, 0.5) is 14.9 Å². The molecular weight excluding hydrogens is 349 g/mol. The Bertz CT molecular complexity index is 726. The highest BCUT2D eigenvalue weighted by Gasteiger charge is 2.28. The highest BCUT2D eigenvalue weighted by atomic mass is 35.5.